The van der Waals surface area contributed by atoms with E-state index < -0.39 is 4.92 Å². The predicted octanol–water partition coefficient (Wildman–Crippen LogP) is 5.25. The summed E-state index contributed by atoms with van der Waals surface area (Å²) in [6.07, 6.45) is 1.29. The van der Waals surface area contributed by atoms with Crippen molar-refractivity contribution in [1.82, 2.24) is 9.97 Å². The second kappa shape index (κ2) is 7.49. The van der Waals surface area contributed by atoms with Crippen molar-refractivity contribution in [1.29, 1.82) is 0 Å². The molecule has 0 fully saturated rings. The molecule has 0 amide bonds. The summed E-state index contributed by atoms with van der Waals surface area (Å²) < 4.78 is 0.854. The van der Waals surface area contributed by atoms with Gasteiger partial charge in [0, 0.05) is 15.8 Å². The lowest BCUT2D eigenvalue weighted by atomic mass is 10.1. The van der Waals surface area contributed by atoms with Crippen LogP contribution in [0.25, 0.3) is 0 Å². The monoisotopic (exact) mass is 413 g/mol. The molecule has 0 aliphatic rings. The molecule has 0 radical (unpaired) electrons. The second-order valence-electron chi connectivity index (χ2n) is 5.81. The Balaban J connectivity index is 1.99. The number of rotatable bonds is 5. The van der Waals surface area contributed by atoms with Gasteiger partial charge < -0.3 is 10.6 Å². The van der Waals surface area contributed by atoms with Gasteiger partial charge in [0.1, 0.15) is 6.33 Å². The Labute approximate surface area is 158 Å². The molecule has 0 spiro atoms. The van der Waals surface area contributed by atoms with Crippen LogP contribution >= 0.6 is 15.9 Å². The van der Waals surface area contributed by atoms with E-state index >= 15 is 0 Å². The van der Waals surface area contributed by atoms with Crippen molar-refractivity contribution in [2.24, 2.45) is 0 Å². The number of aromatic nitrogens is 2. The van der Waals surface area contributed by atoms with E-state index in [0.717, 1.165) is 21.3 Å². The maximum absolute atomic E-state index is 11.7. The predicted molar refractivity (Wildman–Crippen MR) is 105 cm³/mol. The van der Waals surface area contributed by atoms with Crippen LogP contribution in [-0.4, -0.2) is 14.9 Å². The average molecular weight is 414 g/mol. The van der Waals surface area contributed by atoms with Crippen LogP contribution in [0.3, 0.4) is 0 Å². The minimum atomic E-state index is -0.495. The van der Waals surface area contributed by atoms with Crippen molar-refractivity contribution in [2.75, 3.05) is 10.6 Å². The first-order valence-electron chi connectivity index (χ1n) is 7.79. The molecule has 0 aliphatic heterocycles. The van der Waals surface area contributed by atoms with Gasteiger partial charge in [0.05, 0.1) is 4.92 Å². The first-order chi connectivity index (χ1) is 12.4. The lowest BCUT2D eigenvalue weighted by molar-refractivity contribution is -0.383. The molecule has 7 nitrogen and oxygen atoms in total. The van der Waals surface area contributed by atoms with Gasteiger partial charge in [-0.15, -0.1) is 0 Å². The minimum Gasteiger partial charge on any atom is -0.334 e. The highest BCUT2D eigenvalue weighted by Gasteiger charge is 2.23. The van der Waals surface area contributed by atoms with Gasteiger partial charge in [-0.25, -0.2) is 9.97 Å². The van der Waals surface area contributed by atoms with Gasteiger partial charge in [-0.1, -0.05) is 28.1 Å². The SMILES string of the molecule is Cc1cc(C)cc(Nc2ncnc(Nc3cccc(Br)c3)c2[N+](=O)[O-])c1. The number of hydrogen-bond donors (Lipinski definition) is 2. The Morgan fingerprint density at radius 3 is 2.15 bits per heavy atom. The van der Waals surface area contributed by atoms with E-state index in [1.165, 1.54) is 6.33 Å². The van der Waals surface area contributed by atoms with Crippen LogP contribution < -0.4 is 10.6 Å². The van der Waals surface area contributed by atoms with E-state index in [-0.39, 0.29) is 17.3 Å². The lowest BCUT2D eigenvalue weighted by Gasteiger charge is -2.11. The Morgan fingerprint density at radius 2 is 1.58 bits per heavy atom. The summed E-state index contributed by atoms with van der Waals surface area (Å²) in [6, 6.07) is 13.1. The fourth-order valence-electron chi connectivity index (χ4n) is 2.62. The molecule has 0 saturated heterocycles. The second-order valence-corrected chi connectivity index (χ2v) is 6.73. The Bertz CT molecular complexity index is 957. The molecule has 2 aromatic carbocycles. The number of nitrogens with one attached hydrogen (secondary N) is 2. The van der Waals surface area contributed by atoms with E-state index in [1.807, 2.05) is 50.2 Å². The van der Waals surface area contributed by atoms with Crippen molar-refractivity contribution in [2.45, 2.75) is 13.8 Å². The highest BCUT2D eigenvalue weighted by Crippen LogP contribution is 2.33. The third-order valence-corrected chi connectivity index (χ3v) is 4.07. The fraction of sp³-hybridized carbons (Fsp3) is 0.111. The van der Waals surface area contributed by atoms with Crippen molar-refractivity contribution >= 4 is 44.6 Å². The summed E-state index contributed by atoms with van der Waals surface area (Å²) in [4.78, 5) is 19.3. The standard InChI is InChI=1S/C18H16BrN5O2/c1-11-6-12(2)8-15(7-11)23-18-16(24(25)26)17(20-10-21-18)22-14-5-3-4-13(19)9-14/h3-10H,1-2H3,(H2,20,21,22,23). The molecule has 26 heavy (non-hydrogen) atoms. The number of anilines is 4. The quantitative estimate of drug-likeness (QED) is 0.438. The summed E-state index contributed by atoms with van der Waals surface area (Å²) >= 11 is 3.38. The largest absolute Gasteiger partial charge is 0.353 e. The van der Waals surface area contributed by atoms with Gasteiger partial charge in [0.25, 0.3) is 0 Å². The van der Waals surface area contributed by atoms with Crippen molar-refractivity contribution in [3.8, 4) is 0 Å². The van der Waals surface area contributed by atoms with Gasteiger partial charge in [-0.05, 0) is 55.3 Å². The number of nitro groups is 1. The zero-order valence-corrected chi connectivity index (χ0v) is 15.7. The van der Waals surface area contributed by atoms with E-state index in [2.05, 4.69) is 36.5 Å². The van der Waals surface area contributed by atoms with E-state index in [1.54, 1.807) is 6.07 Å². The van der Waals surface area contributed by atoms with Crippen molar-refractivity contribution in [3.05, 3.63) is 74.5 Å². The molecule has 0 aliphatic carbocycles. The fourth-order valence-corrected chi connectivity index (χ4v) is 3.02. The molecule has 2 N–H and O–H groups in total. The average Bonchev–Trinajstić information content (AvgIpc) is 2.53. The third kappa shape index (κ3) is 4.15. The third-order valence-electron chi connectivity index (χ3n) is 3.58. The molecule has 132 valence electrons. The molecule has 1 heterocycles. The molecule has 0 atom stereocenters. The van der Waals surface area contributed by atoms with Gasteiger partial charge in [0.2, 0.25) is 11.6 Å². The first kappa shape index (κ1) is 17.8. The number of benzene rings is 2. The van der Waals surface area contributed by atoms with Crippen molar-refractivity contribution < 1.29 is 4.92 Å². The summed E-state index contributed by atoms with van der Waals surface area (Å²) in [7, 11) is 0. The molecule has 3 aromatic rings. The minimum absolute atomic E-state index is 0.120. The Kier molecular flexibility index (Phi) is 5.13. The topological polar surface area (TPSA) is 93.0 Å². The first-order valence-corrected chi connectivity index (χ1v) is 8.59. The van der Waals surface area contributed by atoms with Gasteiger partial charge in [0.15, 0.2) is 0 Å². The number of hydrogen-bond acceptors (Lipinski definition) is 6. The highest BCUT2D eigenvalue weighted by atomic mass is 79.9. The maximum atomic E-state index is 11.7. The van der Waals surface area contributed by atoms with Gasteiger partial charge in [-0.2, -0.15) is 0 Å². The molecule has 0 unspecified atom stereocenters. The zero-order chi connectivity index (χ0) is 18.7. The number of aryl methyl sites for hydroxylation is 2. The van der Waals surface area contributed by atoms with E-state index in [0.29, 0.717) is 5.69 Å². The molecule has 0 saturated carbocycles. The molecular formula is C18H16BrN5O2. The molecule has 3 rings (SSSR count). The van der Waals surface area contributed by atoms with Crippen LogP contribution in [0.4, 0.5) is 28.7 Å². The normalized spacial score (nSPS) is 10.4. The zero-order valence-electron chi connectivity index (χ0n) is 14.2. The summed E-state index contributed by atoms with van der Waals surface area (Å²) in [5, 5.41) is 17.7. The highest BCUT2D eigenvalue weighted by molar-refractivity contribution is 9.10. The molecule has 8 heteroatoms. The van der Waals surface area contributed by atoms with Crippen molar-refractivity contribution in [3.63, 3.8) is 0 Å². The van der Waals surface area contributed by atoms with E-state index in [9.17, 15) is 10.1 Å². The number of nitrogens with zero attached hydrogens (tertiary/aromatic N) is 3. The van der Waals surface area contributed by atoms with Crippen LogP contribution in [0.1, 0.15) is 11.1 Å². The van der Waals surface area contributed by atoms with E-state index in [4.69, 9.17) is 0 Å². The van der Waals surface area contributed by atoms with Gasteiger partial charge in [-0.3, -0.25) is 10.1 Å². The van der Waals surface area contributed by atoms with Gasteiger partial charge >= 0.3 is 5.69 Å². The Hall–Kier alpha value is -3.00. The smallest absolute Gasteiger partial charge is 0.334 e. The van der Waals surface area contributed by atoms with Crippen LogP contribution in [0.2, 0.25) is 0 Å². The summed E-state index contributed by atoms with van der Waals surface area (Å²) in [5.74, 6) is 0.252. The van der Waals surface area contributed by atoms with Crippen LogP contribution in [-0.2, 0) is 0 Å². The summed E-state index contributed by atoms with van der Waals surface area (Å²) in [5.41, 5.74) is 3.30. The number of halogens is 1. The maximum Gasteiger partial charge on any atom is 0.353 e. The van der Waals surface area contributed by atoms with Crippen LogP contribution in [0.5, 0.6) is 0 Å². The van der Waals surface area contributed by atoms with Crippen LogP contribution in [0, 0.1) is 24.0 Å². The lowest BCUT2D eigenvalue weighted by Crippen LogP contribution is -2.05. The Morgan fingerprint density at radius 1 is 0.962 bits per heavy atom. The molecule has 1 aromatic heterocycles. The van der Waals surface area contributed by atoms with Crippen LogP contribution in [0.15, 0.2) is 53.3 Å². The molecular weight excluding hydrogens is 398 g/mol. The summed E-state index contributed by atoms with van der Waals surface area (Å²) in [6.45, 7) is 3.93. The molecule has 0 bridgehead atoms.